The fourth-order valence-electron chi connectivity index (χ4n) is 6.91. The highest BCUT2D eigenvalue weighted by molar-refractivity contribution is 5.96. The van der Waals surface area contributed by atoms with Gasteiger partial charge in [0, 0.05) is 70.3 Å². The summed E-state index contributed by atoms with van der Waals surface area (Å²) in [5, 5.41) is 7.09. The second-order valence-corrected chi connectivity index (χ2v) is 16.8. The molecule has 16 nitrogen and oxygen atoms in total. The van der Waals surface area contributed by atoms with Gasteiger partial charge in [-0.25, -0.2) is 14.6 Å². The van der Waals surface area contributed by atoms with Gasteiger partial charge in [0.05, 0.1) is 5.69 Å². The van der Waals surface area contributed by atoms with Crippen LogP contribution in [0, 0.1) is 18.3 Å². The molecule has 314 valence electrons. The summed E-state index contributed by atoms with van der Waals surface area (Å²) in [4.78, 5) is 74.5. The van der Waals surface area contributed by atoms with Crippen LogP contribution in [0.15, 0.2) is 10.9 Å². The third-order valence-corrected chi connectivity index (χ3v) is 9.85. The lowest BCUT2D eigenvalue weighted by Gasteiger charge is -2.33. The molecule has 4 aliphatic heterocycles. The highest BCUT2D eigenvalue weighted by atomic mass is 16.6. The topological polar surface area (TPSA) is 205 Å². The summed E-state index contributed by atoms with van der Waals surface area (Å²) in [6.07, 6.45) is 9.08. The van der Waals surface area contributed by atoms with Crippen LogP contribution in [0.25, 0.3) is 0 Å². The molecule has 0 bridgehead atoms. The molecule has 2 amide bonds. The number of guanidine groups is 1. The van der Waals surface area contributed by atoms with Crippen LogP contribution in [0.5, 0.6) is 0 Å². The zero-order chi connectivity index (χ0) is 41.5. The van der Waals surface area contributed by atoms with Gasteiger partial charge in [-0.2, -0.15) is 0 Å². The summed E-state index contributed by atoms with van der Waals surface area (Å²) in [5.41, 5.74) is 5.02. The number of hydrogen-bond donors (Lipinski definition) is 3. The average molecular weight is 788 g/mol. The molecular weight excluding hydrogens is 720 g/mol. The van der Waals surface area contributed by atoms with Gasteiger partial charge >= 0.3 is 18.2 Å². The zero-order valence-corrected chi connectivity index (χ0v) is 34.7. The number of amides is 2. The lowest BCUT2D eigenvalue weighted by atomic mass is 9.91. The normalized spacial score (nSPS) is 18.4. The number of ketones is 1. The van der Waals surface area contributed by atoms with Gasteiger partial charge < -0.3 is 39.5 Å². The third-order valence-electron chi connectivity index (χ3n) is 9.85. The number of rotatable bonds is 6. The van der Waals surface area contributed by atoms with E-state index < -0.39 is 17.2 Å². The summed E-state index contributed by atoms with van der Waals surface area (Å²) in [6.45, 7) is 20.6. The van der Waals surface area contributed by atoms with E-state index in [4.69, 9.17) is 25.6 Å². The number of nitrogens with zero attached hydrogens (tertiary/aromatic N) is 5. The quantitative estimate of drug-likeness (QED) is 0.0849. The number of esters is 1. The summed E-state index contributed by atoms with van der Waals surface area (Å²) in [6, 6.07) is 1.61. The number of anilines is 1. The number of likely N-dealkylation sites (tertiary alicyclic amines) is 3. The van der Waals surface area contributed by atoms with Crippen molar-refractivity contribution in [3.8, 4) is 0 Å². The van der Waals surface area contributed by atoms with Crippen molar-refractivity contribution >= 4 is 35.8 Å². The van der Waals surface area contributed by atoms with Crippen molar-refractivity contribution in [1.29, 1.82) is 5.41 Å². The largest absolute Gasteiger partial charge is 0.444 e. The Bertz CT molecular complexity index is 1490. The van der Waals surface area contributed by atoms with Gasteiger partial charge in [0.25, 0.3) is 5.56 Å². The van der Waals surface area contributed by atoms with Crippen LogP contribution in [0.1, 0.15) is 124 Å². The van der Waals surface area contributed by atoms with E-state index in [9.17, 15) is 24.0 Å². The maximum Gasteiger partial charge on any atom is 0.410 e. The van der Waals surface area contributed by atoms with Crippen molar-refractivity contribution in [1.82, 2.24) is 24.7 Å². The van der Waals surface area contributed by atoms with Gasteiger partial charge in [-0.15, -0.1) is 0 Å². The first kappa shape index (κ1) is 45.9. The van der Waals surface area contributed by atoms with Crippen molar-refractivity contribution in [2.45, 2.75) is 129 Å². The minimum Gasteiger partial charge on any atom is -0.444 e. The smallest absolute Gasteiger partial charge is 0.410 e. The molecule has 4 N–H and O–H groups in total. The minimum absolute atomic E-state index is 0.0310. The molecular formula is C40H67N8O8+. The Morgan fingerprint density at radius 1 is 0.786 bits per heavy atom. The van der Waals surface area contributed by atoms with Gasteiger partial charge in [-0.1, -0.05) is 0 Å². The Morgan fingerprint density at radius 3 is 1.71 bits per heavy atom. The molecule has 0 aliphatic carbocycles. The van der Waals surface area contributed by atoms with E-state index >= 15 is 0 Å². The Morgan fingerprint density at radius 2 is 1.27 bits per heavy atom. The lowest BCUT2D eigenvalue weighted by molar-refractivity contribution is -0.146. The molecule has 0 spiro atoms. The van der Waals surface area contributed by atoms with E-state index in [2.05, 4.69) is 21.5 Å². The predicted octanol–water partition coefficient (Wildman–Crippen LogP) is 5.21. The summed E-state index contributed by atoms with van der Waals surface area (Å²) >= 11 is 0. The number of ether oxygens (including phenoxy) is 3. The van der Waals surface area contributed by atoms with E-state index in [0.29, 0.717) is 45.0 Å². The molecule has 0 aromatic carbocycles. The Labute approximate surface area is 332 Å². The minimum atomic E-state index is -0.537. The lowest BCUT2D eigenvalue weighted by Crippen LogP contribution is -2.43. The van der Waals surface area contributed by atoms with Crippen molar-refractivity contribution in [2.75, 3.05) is 63.9 Å². The SMILES string of the molecule is CC(C)(C)OC(=O)N1CCC(c2cc(=O)[nH]c(N3CCCCC3)n2)CC1.N=C(N)N1CCCCC1.[CH2+]COC(=O)CC(=O)C1CCN(C(=O)OC(C)(C)C)CC1. The number of H-pyrrole nitrogens is 1. The molecule has 4 fully saturated rings. The second kappa shape index (κ2) is 21.7. The number of nitrogens with two attached hydrogens (primary N) is 1. The number of aromatic amines is 1. The van der Waals surface area contributed by atoms with E-state index in [-0.39, 0.29) is 54.4 Å². The molecule has 56 heavy (non-hydrogen) atoms. The molecule has 5 rings (SSSR count). The Balaban J connectivity index is 0.000000250. The van der Waals surface area contributed by atoms with Crippen molar-refractivity contribution in [2.24, 2.45) is 11.7 Å². The second-order valence-electron chi connectivity index (χ2n) is 16.8. The molecule has 0 saturated carbocycles. The molecule has 1 aromatic rings. The van der Waals surface area contributed by atoms with Crippen LogP contribution in [-0.4, -0.2) is 125 Å². The summed E-state index contributed by atoms with van der Waals surface area (Å²) in [7, 11) is 0. The molecule has 0 unspecified atom stereocenters. The van der Waals surface area contributed by atoms with Crippen molar-refractivity contribution in [3.05, 3.63) is 29.0 Å². The highest BCUT2D eigenvalue weighted by Gasteiger charge is 2.31. The third kappa shape index (κ3) is 16.3. The predicted molar refractivity (Wildman–Crippen MR) is 215 cm³/mol. The first-order valence-corrected chi connectivity index (χ1v) is 20.2. The van der Waals surface area contributed by atoms with Crippen LogP contribution in [0.4, 0.5) is 15.5 Å². The Kier molecular flexibility index (Phi) is 17.8. The maximum absolute atomic E-state index is 12.2. The van der Waals surface area contributed by atoms with Crippen LogP contribution in [0.2, 0.25) is 0 Å². The molecule has 1 aromatic heterocycles. The van der Waals surface area contributed by atoms with E-state index in [1.807, 2.05) is 46.4 Å². The van der Waals surface area contributed by atoms with Crippen LogP contribution < -0.4 is 16.2 Å². The maximum atomic E-state index is 12.2. The van der Waals surface area contributed by atoms with Crippen LogP contribution in [0.3, 0.4) is 0 Å². The highest BCUT2D eigenvalue weighted by Crippen LogP contribution is 2.28. The van der Waals surface area contributed by atoms with E-state index in [1.54, 1.807) is 15.9 Å². The fourth-order valence-corrected chi connectivity index (χ4v) is 6.91. The van der Waals surface area contributed by atoms with Crippen molar-refractivity contribution < 1.29 is 33.4 Å². The summed E-state index contributed by atoms with van der Waals surface area (Å²) < 4.78 is 15.4. The Hall–Kier alpha value is -4.50. The van der Waals surface area contributed by atoms with E-state index in [0.717, 1.165) is 57.6 Å². The number of carbonyl (C=O) groups excluding carboxylic acids is 4. The monoisotopic (exact) mass is 788 g/mol. The van der Waals surface area contributed by atoms with Crippen molar-refractivity contribution in [3.63, 3.8) is 0 Å². The number of piperidine rings is 4. The number of aromatic nitrogens is 2. The first-order valence-electron chi connectivity index (χ1n) is 20.2. The number of hydrogen-bond acceptors (Lipinski definition) is 11. The zero-order valence-electron chi connectivity index (χ0n) is 34.7. The number of Topliss-reactive ketones (excluding diaryl/α,β-unsaturated/α-hetero) is 1. The molecule has 4 saturated heterocycles. The van der Waals surface area contributed by atoms with Gasteiger partial charge in [0.15, 0.2) is 5.96 Å². The first-order chi connectivity index (χ1) is 26.3. The van der Waals surface area contributed by atoms with Gasteiger partial charge in [0.2, 0.25) is 12.6 Å². The molecule has 0 atom stereocenters. The fraction of sp³-hybridized carbons (Fsp3) is 0.750. The van der Waals surface area contributed by atoms with Gasteiger partial charge in [-0.05, 0) is 106 Å². The molecule has 0 radical (unpaired) electrons. The van der Waals surface area contributed by atoms with Gasteiger partial charge in [-0.3, -0.25) is 24.8 Å². The average Bonchev–Trinajstić information content (AvgIpc) is 3.14. The molecule has 5 heterocycles. The van der Waals surface area contributed by atoms with Gasteiger partial charge in [0.1, 0.15) is 30.3 Å². The number of carbonyl (C=O) groups is 4. The van der Waals surface area contributed by atoms with E-state index in [1.165, 1.54) is 25.7 Å². The van der Waals surface area contributed by atoms with Crippen LogP contribution in [-0.2, 0) is 23.8 Å². The number of nitrogens with one attached hydrogen (secondary N) is 2. The molecule has 4 aliphatic rings. The standard InChI is InChI=1S/C19H30N4O3.C15H24NO5.C6H13N3/c1-19(2,3)26-18(25)23-11-7-14(8-12-23)15-13-16(24)21-17(20-15)22-9-5-4-6-10-22;1-5-20-13(18)10-12(17)11-6-8-16(9-7-11)14(19)21-15(2,3)4;7-6(8)9-4-2-1-3-5-9/h13-14H,4-12H2,1-3H3,(H,20,21,24);11H,1,5-10H2,2-4H3;1-5H2,(H3,7,8)/q;+1;. The van der Waals surface area contributed by atoms with Crippen LogP contribution >= 0.6 is 0 Å². The molecule has 16 heteroatoms. The summed E-state index contributed by atoms with van der Waals surface area (Å²) in [5.74, 6) is 0.277.